The van der Waals surface area contributed by atoms with Crippen LogP contribution in [0.4, 0.5) is 11.4 Å². The Morgan fingerprint density at radius 3 is 2.18 bits per heavy atom. The predicted octanol–water partition coefficient (Wildman–Crippen LogP) is 4.66. The van der Waals surface area contributed by atoms with Gasteiger partial charge in [-0.15, -0.1) is 0 Å². The average Bonchev–Trinajstić information content (AvgIpc) is 2.82. The third-order valence-electron chi connectivity index (χ3n) is 5.13. The summed E-state index contributed by atoms with van der Waals surface area (Å²) in [6, 6.07) is 20.3. The van der Waals surface area contributed by atoms with Crippen molar-refractivity contribution in [2.45, 2.75) is 24.7 Å². The Bertz CT molecular complexity index is 1210. The third kappa shape index (κ3) is 5.46. The van der Waals surface area contributed by atoms with Crippen LogP contribution < -0.4 is 19.1 Å². The lowest BCUT2D eigenvalue weighted by molar-refractivity contribution is -0.114. The lowest BCUT2D eigenvalue weighted by Crippen LogP contribution is -2.38. The molecule has 8 heteroatoms. The van der Waals surface area contributed by atoms with Crippen LogP contribution in [0.2, 0.25) is 0 Å². The van der Waals surface area contributed by atoms with Gasteiger partial charge in [-0.2, -0.15) is 0 Å². The molecular formula is C25H28N2O5S. The second-order valence-corrected chi connectivity index (χ2v) is 9.52. The number of nitrogens with one attached hydrogen (secondary N) is 1. The molecule has 0 heterocycles. The Morgan fingerprint density at radius 2 is 1.55 bits per heavy atom. The molecule has 1 amide bonds. The van der Waals surface area contributed by atoms with Crippen LogP contribution in [-0.4, -0.2) is 35.1 Å². The molecule has 7 nitrogen and oxygen atoms in total. The van der Waals surface area contributed by atoms with Crippen molar-refractivity contribution in [1.29, 1.82) is 0 Å². The van der Waals surface area contributed by atoms with Gasteiger partial charge >= 0.3 is 0 Å². The quantitative estimate of drug-likeness (QED) is 0.494. The Labute approximate surface area is 195 Å². The van der Waals surface area contributed by atoms with Crippen LogP contribution >= 0.6 is 0 Å². The topological polar surface area (TPSA) is 84.9 Å². The van der Waals surface area contributed by atoms with E-state index in [2.05, 4.69) is 5.32 Å². The highest BCUT2D eigenvalue weighted by Crippen LogP contribution is 2.32. The number of benzene rings is 3. The molecule has 0 radical (unpaired) electrons. The molecule has 0 aliphatic heterocycles. The fourth-order valence-corrected chi connectivity index (χ4v) is 4.88. The number of hydrogen-bond acceptors (Lipinski definition) is 5. The minimum atomic E-state index is -4.09. The second-order valence-electron chi connectivity index (χ2n) is 7.65. The molecule has 3 rings (SSSR count). The molecule has 0 atom stereocenters. The van der Waals surface area contributed by atoms with E-state index in [9.17, 15) is 13.2 Å². The number of carbonyl (C=O) groups excluding carboxylic acids is 1. The molecule has 0 aliphatic carbocycles. The van der Waals surface area contributed by atoms with Crippen LogP contribution in [0.3, 0.4) is 0 Å². The Morgan fingerprint density at radius 1 is 0.909 bits per heavy atom. The zero-order chi connectivity index (χ0) is 24.0. The number of sulfonamides is 1. The summed E-state index contributed by atoms with van der Waals surface area (Å²) in [5, 5.41) is 2.87. The SMILES string of the molecule is COc1ccc(S(=O)(=O)N(CC(=O)Nc2ccccc2C(C)C)c2ccccc2)cc1OC. The number of amides is 1. The fourth-order valence-electron chi connectivity index (χ4n) is 3.45. The van der Waals surface area contributed by atoms with Crippen molar-refractivity contribution in [3.63, 3.8) is 0 Å². The van der Waals surface area contributed by atoms with Crippen molar-refractivity contribution in [3.05, 3.63) is 78.4 Å². The average molecular weight is 469 g/mol. The third-order valence-corrected chi connectivity index (χ3v) is 6.90. The highest BCUT2D eigenvalue weighted by Gasteiger charge is 2.28. The highest BCUT2D eigenvalue weighted by atomic mass is 32.2. The van der Waals surface area contributed by atoms with E-state index in [1.165, 1.54) is 32.4 Å². The molecule has 174 valence electrons. The van der Waals surface area contributed by atoms with E-state index in [0.29, 0.717) is 17.1 Å². The molecule has 0 bridgehead atoms. The molecule has 3 aromatic rings. The Kier molecular flexibility index (Phi) is 7.60. The minimum Gasteiger partial charge on any atom is -0.493 e. The van der Waals surface area contributed by atoms with E-state index < -0.39 is 22.5 Å². The zero-order valence-corrected chi connectivity index (χ0v) is 19.9. The largest absolute Gasteiger partial charge is 0.493 e. The van der Waals surface area contributed by atoms with Crippen LogP contribution in [0.5, 0.6) is 11.5 Å². The van der Waals surface area contributed by atoms with Gasteiger partial charge < -0.3 is 14.8 Å². The summed E-state index contributed by atoms with van der Waals surface area (Å²) in [6.45, 7) is 3.67. The van der Waals surface area contributed by atoms with Crippen molar-refractivity contribution in [3.8, 4) is 11.5 Å². The van der Waals surface area contributed by atoms with E-state index in [1.54, 1.807) is 30.3 Å². The van der Waals surface area contributed by atoms with Crippen LogP contribution in [0.1, 0.15) is 25.3 Å². The molecule has 0 aromatic heterocycles. The van der Waals surface area contributed by atoms with E-state index in [1.807, 2.05) is 38.1 Å². The lowest BCUT2D eigenvalue weighted by atomic mass is 10.0. The van der Waals surface area contributed by atoms with Crippen LogP contribution in [0, 0.1) is 0 Å². The first-order valence-electron chi connectivity index (χ1n) is 10.5. The summed E-state index contributed by atoms with van der Waals surface area (Å²) in [5.41, 5.74) is 2.01. The van der Waals surface area contributed by atoms with E-state index in [0.717, 1.165) is 9.87 Å². The first kappa shape index (κ1) is 24.1. The maximum absolute atomic E-state index is 13.6. The number of ether oxygens (including phenoxy) is 2. The molecule has 0 fully saturated rings. The van der Waals surface area contributed by atoms with Gasteiger partial charge in [0.1, 0.15) is 6.54 Å². The molecule has 0 aliphatic rings. The standard InChI is InChI=1S/C25H28N2O5S/c1-18(2)21-12-8-9-13-22(21)26-25(28)17-27(19-10-6-5-7-11-19)33(29,30)20-14-15-23(31-3)24(16-20)32-4/h5-16,18H,17H2,1-4H3,(H,26,28). The predicted molar refractivity (Wildman–Crippen MR) is 130 cm³/mol. The van der Waals surface area contributed by atoms with Crippen LogP contribution in [0.15, 0.2) is 77.7 Å². The number of carbonyl (C=O) groups is 1. The number of hydrogen-bond donors (Lipinski definition) is 1. The zero-order valence-electron chi connectivity index (χ0n) is 19.1. The first-order chi connectivity index (χ1) is 15.8. The van der Waals surface area contributed by atoms with Gasteiger partial charge in [0, 0.05) is 11.8 Å². The minimum absolute atomic E-state index is 0.0145. The van der Waals surface area contributed by atoms with E-state index in [-0.39, 0.29) is 16.6 Å². The molecule has 33 heavy (non-hydrogen) atoms. The van der Waals surface area contributed by atoms with Gasteiger partial charge in [-0.1, -0.05) is 50.2 Å². The van der Waals surface area contributed by atoms with Crippen molar-refractivity contribution in [2.24, 2.45) is 0 Å². The van der Waals surface area contributed by atoms with Gasteiger partial charge in [-0.3, -0.25) is 9.10 Å². The number of para-hydroxylation sites is 2. The first-order valence-corrected chi connectivity index (χ1v) is 11.9. The van der Waals surface area contributed by atoms with Crippen molar-refractivity contribution < 1.29 is 22.7 Å². The summed E-state index contributed by atoms with van der Waals surface area (Å²) in [6.07, 6.45) is 0. The molecular weight excluding hydrogens is 440 g/mol. The summed E-state index contributed by atoms with van der Waals surface area (Å²) in [5.74, 6) is 0.436. The summed E-state index contributed by atoms with van der Waals surface area (Å²) in [7, 11) is -1.18. The molecule has 0 unspecified atom stereocenters. The maximum Gasteiger partial charge on any atom is 0.264 e. The summed E-state index contributed by atoms with van der Waals surface area (Å²) in [4.78, 5) is 13.0. The highest BCUT2D eigenvalue weighted by molar-refractivity contribution is 7.92. The smallest absolute Gasteiger partial charge is 0.264 e. The van der Waals surface area contributed by atoms with Gasteiger partial charge in [0.25, 0.3) is 10.0 Å². The van der Waals surface area contributed by atoms with Gasteiger partial charge in [0.15, 0.2) is 11.5 Å². The van der Waals surface area contributed by atoms with Crippen LogP contribution in [0.25, 0.3) is 0 Å². The molecule has 0 spiro atoms. The maximum atomic E-state index is 13.6. The molecule has 3 aromatic carbocycles. The summed E-state index contributed by atoms with van der Waals surface area (Å²) < 4.78 is 38.8. The van der Waals surface area contributed by atoms with E-state index >= 15 is 0 Å². The Hall–Kier alpha value is -3.52. The molecule has 0 saturated heterocycles. The van der Waals surface area contributed by atoms with E-state index in [4.69, 9.17) is 9.47 Å². The number of rotatable bonds is 9. The number of nitrogens with zero attached hydrogens (tertiary/aromatic N) is 1. The van der Waals surface area contributed by atoms with Gasteiger partial charge in [-0.05, 0) is 41.8 Å². The van der Waals surface area contributed by atoms with Gasteiger partial charge in [0.05, 0.1) is 24.8 Å². The van der Waals surface area contributed by atoms with Crippen LogP contribution in [-0.2, 0) is 14.8 Å². The molecule has 0 saturated carbocycles. The van der Waals surface area contributed by atoms with Crippen molar-refractivity contribution in [2.75, 3.05) is 30.4 Å². The van der Waals surface area contributed by atoms with Gasteiger partial charge in [0.2, 0.25) is 5.91 Å². The van der Waals surface area contributed by atoms with Gasteiger partial charge in [-0.25, -0.2) is 8.42 Å². The number of anilines is 2. The fraction of sp³-hybridized carbons (Fsp3) is 0.240. The molecule has 1 N–H and O–H groups in total. The second kappa shape index (κ2) is 10.4. The summed E-state index contributed by atoms with van der Waals surface area (Å²) >= 11 is 0. The lowest BCUT2D eigenvalue weighted by Gasteiger charge is -2.25. The van der Waals surface area contributed by atoms with Crippen molar-refractivity contribution in [1.82, 2.24) is 0 Å². The Balaban J connectivity index is 1.97. The monoisotopic (exact) mass is 468 g/mol. The number of methoxy groups -OCH3 is 2. The van der Waals surface area contributed by atoms with Crippen molar-refractivity contribution >= 4 is 27.3 Å². The normalized spacial score (nSPS) is 11.2.